The highest BCUT2D eigenvalue weighted by Crippen LogP contribution is 2.22. The van der Waals surface area contributed by atoms with Gasteiger partial charge in [0.05, 0.1) is 5.02 Å². The van der Waals surface area contributed by atoms with Gasteiger partial charge in [0.2, 0.25) is 0 Å². The smallest absolute Gasteiger partial charge is 0.150 e. The zero-order chi connectivity index (χ0) is 7.56. The number of hydrogen-bond donors (Lipinski definition) is 1. The van der Waals surface area contributed by atoms with Crippen molar-refractivity contribution in [2.24, 2.45) is 0 Å². The van der Waals surface area contributed by atoms with Crippen molar-refractivity contribution in [3.8, 4) is 5.75 Å². The van der Waals surface area contributed by atoms with E-state index >= 15 is 0 Å². The van der Waals surface area contributed by atoms with Crippen molar-refractivity contribution in [1.82, 2.24) is 0 Å². The minimum atomic E-state index is -0.0636. The Balaban J connectivity index is 3.16. The van der Waals surface area contributed by atoms with Crippen LogP contribution in [0.4, 0.5) is 0 Å². The zero-order valence-corrected chi connectivity index (χ0v) is 5.80. The second kappa shape index (κ2) is 2.71. The molecular weight excluding hydrogens is 152 g/mol. The maximum absolute atomic E-state index is 10.1. The predicted octanol–water partition coefficient (Wildman–Crippen LogP) is 1.86. The molecule has 0 fully saturated rings. The van der Waals surface area contributed by atoms with Gasteiger partial charge in [0.1, 0.15) is 12.0 Å². The van der Waals surface area contributed by atoms with Gasteiger partial charge in [-0.3, -0.25) is 4.79 Å². The van der Waals surface area contributed by atoms with Crippen molar-refractivity contribution in [2.75, 3.05) is 0 Å². The van der Waals surface area contributed by atoms with Gasteiger partial charge in [-0.2, -0.15) is 0 Å². The lowest BCUT2D eigenvalue weighted by molar-refractivity contribution is 0.112. The van der Waals surface area contributed by atoms with E-state index in [4.69, 9.17) is 16.7 Å². The first-order valence-corrected chi connectivity index (χ1v) is 3.05. The second-order valence-corrected chi connectivity index (χ2v) is 2.24. The quantitative estimate of drug-likeness (QED) is 0.631. The van der Waals surface area contributed by atoms with Crippen LogP contribution in [0.25, 0.3) is 0 Å². The van der Waals surface area contributed by atoms with Gasteiger partial charge in [0, 0.05) is 5.56 Å². The van der Waals surface area contributed by atoms with E-state index in [1.165, 1.54) is 18.2 Å². The molecule has 2 nitrogen and oxygen atoms in total. The first-order chi connectivity index (χ1) is 4.74. The molecule has 1 rings (SSSR count). The summed E-state index contributed by atoms with van der Waals surface area (Å²) in [6.45, 7) is 0. The van der Waals surface area contributed by atoms with E-state index in [0.717, 1.165) is 0 Å². The lowest BCUT2D eigenvalue weighted by Crippen LogP contribution is -1.77. The van der Waals surface area contributed by atoms with Crippen molar-refractivity contribution in [2.45, 2.75) is 0 Å². The third-order valence-electron chi connectivity index (χ3n) is 1.11. The Morgan fingerprint density at radius 3 is 2.70 bits per heavy atom. The molecule has 0 unspecified atom stereocenters. The Morgan fingerprint density at radius 1 is 1.50 bits per heavy atom. The highest BCUT2D eigenvalue weighted by Gasteiger charge is 1.97. The van der Waals surface area contributed by atoms with Crippen LogP contribution in [0.2, 0.25) is 5.02 Å². The van der Waals surface area contributed by atoms with Crippen LogP contribution in [0.1, 0.15) is 10.4 Å². The molecular formula is C7H5ClO2. The molecule has 0 spiro atoms. The lowest BCUT2D eigenvalue weighted by atomic mass is 10.2. The minimum Gasteiger partial charge on any atom is -0.506 e. The molecule has 1 N–H and O–H groups in total. The van der Waals surface area contributed by atoms with Gasteiger partial charge >= 0.3 is 0 Å². The van der Waals surface area contributed by atoms with Crippen LogP contribution in [0.5, 0.6) is 5.75 Å². The highest BCUT2D eigenvalue weighted by molar-refractivity contribution is 6.32. The maximum atomic E-state index is 10.1. The summed E-state index contributed by atoms with van der Waals surface area (Å²) < 4.78 is 0. The number of aromatic hydroxyl groups is 1. The number of carbonyl (C=O) groups is 1. The minimum absolute atomic E-state index is 0.0636. The summed E-state index contributed by atoms with van der Waals surface area (Å²) in [5.74, 6) is -0.0636. The fourth-order valence-corrected chi connectivity index (χ4v) is 0.721. The Hall–Kier alpha value is -1.02. The number of hydrogen-bond acceptors (Lipinski definition) is 2. The molecule has 0 aromatic heterocycles. The van der Waals surface area contributed by atoms with Gasteiger partial charge in [-0.25, -0.2) is 0 Å². The van der Waals surface area contributed by atoms with E-state index in [1.54, 1.807) is 0 Å². The number of phenols is 1. The average molecular weight is 157 g/mol. The van der Waals surface area contributed by atoms with E-state index in [2.05, 4.69) is 0 Å². The summed E-state index contributed by atoms with van der Waals surface area (Å²) in [5, 5.41) is 9.20. The number of benzene rings is 1. The van der Waals surface area contributed by atoms with Crippen LogP contribution >= 0.6 is 11.6 Å². The summed E-state index contributed by atoms with van der Waals surface area (Å²) >= 11 is 5.47. The molecule has 0 aliphatic carbocycles. The molecule has 0 bridgehead atoms. The van der Waals surface area contributed by atoms with Crippen molar-refractivity contribution >= 4 is 17.9 Å². The highest BCUT2D eigenvalue weighted by atomic mass is 35.5. The summed E-state index contributed by atoms with van der Waals surface area (Å²) in [5.41, 5.74) is 0.418. The summed E-state index contributed by atoms with van der Waals surface area (Å²) in [4.78, 5) is 10.1. The van der Waals surface area contributed by atoms with Gasteiger partial charge in [-0.05, 0) is 18.2 Å². The van der Waals surface area contributed by atoms with Crippen molar-refractivity contribution in [1.29, 1.82) is 0 Å². The number of phenolic OH excluding ortho intramolecular Hbond substituents is 1. The molecule has 3 heteroatoms. The van der Waals surface area contributed by atoms with Gasteiger partial charge in [-0.1, -0.05) is 11.6 Å². The second-order valence-electron chi connectivity index (χ2n) is 1.83. The molecule has 1 aromatic rings. The predicted molar refractivity (Wildman–Crippen MR) is 38.5 cm³/mol. The molecule has 0 saturated heterocycles. The van der Waals surface area contributed by atoms with Gasteiger partial charge < -0.3 is 5.11 Å². The van der Waals surface area contributed by atoms with Crippen LogP contribution in [-0.2, 0) is 0 Å². The van der Waals surface area contributed by atoms with Crippen molar-refractivity contribution in [3.63, 3.8) is 0 Å². The van der Waals surface area contributed by atoms with Gasteiger partial charge in [0.15, 0.2) is 0 Å². The molecule has 1 aromatic carbocycles. The molecule has 0 saturated carbocycles. The van der Waals surface area contributed by atoms with Crippen LogP contribution in [0.3, 0.4) is 0 Å². The third kappa shape index (κ3) is 1.28. The average Bonchev–Trinajstić information content (AvgIpc) is 1.95. The number of aldehydes is 1. The van der Waals surface area contributed by atoms with E-state index in [1.807, 2.05) is 0 Å². The van der Waals surface area contributed by atoms with E-state index in [9.17, 15) is 4.79 Å². The fraction of sp³-hybridized carbons (Fsp3) is 0. The van der Waals surface area contributed by atoms with Crippen LogP contribution < -0.4 is 0 Å². The Morgan fingerprint density at radius 2 is 2.20 bits per heavy atom. The van der Waals surface area contributed by atoms with E-state index in [-0.39, 0.29) is 10.8 Å². The molecule has 0 heterocycles. The number of carbonyl (C=O) groups excluding carboxylic acids is 1. The molecule has 0 aliphatic heterocycles. The first-order valence-electron chi connectivity index (χ1n) is 2.68. The standard InChI is InChI=1S/C7H5ClO2/c8-6-2-1-5(4-9)3-7(6)10/h1-4,10H. The van der Waals surface area contributed by atoms with Crippen molar-refractivity contribution < 1.29 is 9.90 Å². The summed E-state index contributed by atoms with van der Waals surface area (Å²) in [6.07, 6.45) is 0.649. The van der Waals surface area contributed by atoms with Crippen molar-refractivity contribution in [3.05, 3.63) is 28.8 Å². The Bertz CT molecular complexity index is 258. The lowest BCUT2D eigenvalue weighted by Gasteiger charge is -1.94. The van der Waals surface area contributed by atoms with Gasteiger partial charge in [-0.15, -0.1) is 0 Å². The Kier molecular flexibility index (Phi) is 1.92. The molecule has 0 amide bonds. The molecule has 10 heavy (non-hydrogen) atoms. The molecule has 0 radical (unpaired) electrons. The molecule has 0 atom stereocenters. The van der Waals surface area contributed by atoms with Crippen LogP contribution in [0.15, 0.2) is 18.2 Å². The summed E-state index contributed by atoms with van der Waals surface area (Å²) in [6, 6.07) is 4.32. The number of rotatable bonds is 1. The zero-order valence-electron chi connectivity index (χ0n) is 5.04. The normalized spacial score (nSPS) is 9.30. The fourth-order valence-electron chi connectivity index (χ4n) is 0.603. The Labute approximate surface area is 63.1 Å². The topological polar surface area (TPSA) is 37.3 Å². The van der Waals surface area contributed by atoms with Crippen LogP contribution in [-0.4, -0.2) is 11.4 Å². The maximum Gasteiger partial charge on any atom is 0.150 e. The molecule has 0 aliphatic rings. The van der Waals surface area contributed by atoms with Crippen LogP contribution in [0, 0.1) is 0 Å². The number of halogens is 1. The van der Waals surface area contributed by atoms with E-state index < -0.39 is 0 Å². The first kappa shape index (κ1) is 7.09. The van der Waals surface area contributed by atoms with E-state index in [0.29, 0.717) is 11.8 Å². The SMILES string of the molecule is O=Cc1ccc(Cl)c(O)c1. The summed E-state index contributed by atoms with van der Waals surface area (Å²) in [7, 11) is 0. The molecule has 52 valence electrons. The third-order valence-corrected chi connectivity index (χ3v) is 1.43. The van der Waals surface area contributed by atoms with Gasteiger partial charge in [0.25, 0.3) is 0 Å². The largest absolute Gasteiger partial charge is 0.506 e. The monoisotopic (exact) mass is 156 g/mol.